The number of carbonyl (C=O) groups is 11. The smallest absolute Gasteiger partial charge is 0.331 e. The van der Waals surface area contributed by atoms with Gasteiger partial charge in [-0.3, -0.25) is 58.3 Å². The number of nitrogens with zero attached hydrogens (tertiary/aromatic N) is 1. The summed E-state index contributed by atoms with van der Waals surface area (Å²) in [5.74, 6) is -16.6. The van der Waals surface area contributed by atoms with Crippen LogP contribution < -0.4 is 76.1 Å². The van der Waals surface area contributed by atoms with Gasteiger partial charge in [-0.25, -0.2) is 4.79 Å². The van der Waals surface area contributed by atoms with Crippen molar-refractivity contribution in [1.29, 1.82) is 0 Å². The highest BCUT2D eigenvalue weighted by Crippen LogP contribution is 2.25. The number of benzene rings is 2. The number of aliphatic hydroxyl groups is 5. The fourth-order valence-corrected chi connectivity index (χ4v) is 10.00. The molecule has 1 saturated heterocycles. The normalized spacial score (nSPS) is 24.9. The lowest BCUT2D eigenvalue weighted by Gasteiger charge is -2.34. The summed E-state index contributed by atoms with van der Waals surface area (Å²) >= 11 is 0. The van der Waals surface area contributed by atoms with Gasteiger partial charge in [-0.2, -0.15) is 0 Å². The molecule has 23 N–H and O–H groups in total. The van der Waals surface area contributed by atoms with Crippen LogP contribution in [0.25, 0.3) is 0 Å². The van der Waals surface area contributed by atoms with Gasteiger partial charge in [0.15, 0.2) is 24.2 Å². The van der Waals surface area contributed by atoms with Crippen LogP contribution in [0.2, 0.25) is 0 Å². The van der Waals surface area contributed by atoms with Crippen LogP contribution in [0.1, 0.15) is 112 Å². The van der Waals surface area contributed by atoms with E-state index in [1.807, 2.05) is 5.32 Å². The van der Waals surface area contributed by atoms with Gasteiger partial charge in [0.05, 0.1) is 37.3 Å². The Labute approximate surface area is 546 Å². The summed E-state index contributed by atoms with van der Waals surface area (Å²) in [5.41, 5.74) is 23.3. The van der Waals surface area contributed by atoms with Gasteiger partial charge in [0.2, 0.25) is 59.1 Å². The van der Waals surface area contributed by atoms with Crippen LogP contribution in [0.5, 0.6) is 0 Å². The molecule has 1 aliphatic heterocycles. The summed E-state index contributed by atoms with van der Waals surface area (Å²) < 4.78 is 5.97. The van der Waals surface area contributed by atoms with Crippen molar-refractivity contribution in [2.45, 2.75) is 186 Å². The largest absolute Gasteiger partial charge is 0.453 e. The number of nitrogens with two attached hydrogens (primary N) is 4. The van der Waals surface area contributed by atoms with E-state index in [1.54, 1.807) is 71.9 Å². The van der Waals surface area contributed by atoms with Crippen molar-refractivity contribution in [1.82, 2.24) is 53.2 Å². The maximum atomic E-state index is 15.5. The Kier molecular flexibility index (Phi) is 33.4. The lowest BCUT2D eigenvalue weighted by atomic mass is 9.95. The molecule has 0 radical (unpaired) electrons. The van der Waals surface area contributed by atoms with E-state index in [9.17, 15) is 68.7 Å². The minimum absolute atomic E-state index is 0.0331. The van der Waals surface area contributed by atoms with E-state index in [2.05, 4.69) is 52.8 Å². The third kappa shape index (κ3) is 25.5. The molecule has 3 rings (SSSR count). The summed E-state index contributed by atoms with van der Waals surface area (Å²) in [6.45, 7) is 11.8. The molecule has 524 valence electrons. The Morgan fingerprint density at radius 3 is 1.82 bits per heavy atom. The van der Waals surface area contributed by atoms with Gasteiger partial charge >= 0.3 is 5.97 Å². The average molecular weight is 1330 g/mol. The maximum Gasteiger partial charge on any atom is 0.331 e. The van der Waals surface area contributed by atoms with Crippen LogP contribution in [0.3, 0.4) is 0 Å². The third-order valence-corrected chi connectivity index (χ3v) is 15.5. The second-order valence-electron chi connectivity index (χ2n) is 24.6. The second-order valence-corrected chi connectivity index (χ2v) is 24.6. The molecule has 1 heterocycles. The second kappa shape index (κ2) is 39.3. The zero-order chi connectivity index (χ0) is 70.7. The van der Waals surface area contributed by atoms with Crippen LogP contribution in [0.4, 0.5) is 0 Å². The molecule has 1 fully saturated rings. The summed E-state index contributed by atoms with van der Waals surface area (Å²) in [4.78, 5) is 161. The number of nitrogens with one attached hydrogen (secondary N) is 10. The first-order valence-electron chi connectivity index (χ1n) is 31.4. The highest BCUT2D eigenvalue weighted by atomic mass is 16.5. The van der Waals surface area contributed by atoms with E-state index >= 15 is 9.59 Å². The molecule has 0 bridgehead atoms. The molecule has 10 amide bonds. The van der Waals surface area contributed by atoms with Gasteiger partial charge in [0, 0.05) is 13.1 Å². The minimum Gasteiger partial charge on any atom is -0.453 e. The maximum absolute atomic E-state index is 15.5. The lowest BCUT2D eigenvalue weighted by molar-refractivity contribution is -0.159. The van der Waals surface area contributed by atoms with E-state index in [1.165, 1.54) is 44.2 Å². The number of ether oxygens (including phenoxy) is 1. The highest BCUT2D eigenvalue weighted by Gasteiger charge is 2.44. The van der Waals surface area contributed by atoms with Crippen molar-refractivity contribution in [3.63, 3.8) is 0 Å². The standard InChI is InChI=1S/C62H99N15O17/c1-10-33(8)43-57(89)75-44(34(9)79)56(88)68-28-42(80)73-46(49(82)51(64)83)59(91)72-41(29-78)61(93)94-50(36-20-15-12-16-21-36)47(77-55(87)40(25-31(4)5)70-52(84)37(27-63)26-35-18-13-11-14-19-35)60(92)76-45(48(81)32(6)7)58(90)71-39(24-30(2)3)54(86)69-38(53(85)74-43)22-17-23-67-62(65)66/h11-16,18-21,30-34,37-41,43-50,57,75,78-79,81-82,89H,10,17,22-29,63H2,1-9H3,(H2,64,83)(H,68,88)(H,69,86)(H,70,84)(H,71,90)(H,72,91)(H,73,80)(H,74,85)(H,76,92)(H,77,87)(H4,65,66,67)/t33-,34-,37+,38+,39-,40-,41-,43-,44-,45-,46-,47-,48+,49-,50+,57?/m0/s1. The Balaban J connectivity index is 2.41. The summed E-state index contributed by atoms with van der Waals surface area (Å²) in [7, 11) is 0. The number of rotatable bonds is 24. The fraction of sp³-hybridized carbons (Fsp3) is 0.613. The van der Waals surface area contributed by atoms with Crippen molar-refractivity contribution >= 4 is 71.0 Å². The predicted octanol–water partition coefficient (Wildman–Crippen LogP) is -5.20. The van der Waals surface area contributed by atoms with E-state index in [0.29, 0.717) is 0 Å². The minimum atomic E-state index is -2.57. The van der Waals surface area contributed by atoms with Crippen molar-refractivity contribution in [3.05, 3.63) is 71.8 Å². The number of aliphatic hydroxyl groups excluding tert-OH is 5. The Morgan fingerprint density at radius 1 is 0.691 bits per heavy atom. The Hall–Kier alpha value is -8.40. The molecule has 2 aromatic carbocycles. The first-order chi connectivity index (χ1) is 44.2. The Morgan fingerprint density at radius 2 is 1.28 bits per heavy atom. The monoisotopic (exact) mass is 1330 g/mol. The molecule has 0 saturated carbocycles. The molecule has 0 aliphatic carbocycles. The van der Waals surface area contributed by atoms with Crippen molar-refractivity contribution < 1.29 is 83.0 Å². The predicted molar refractivity (Wildman–Crippen MR) is 342 cm³/mol. The first kappa shape index (κ1) is 79.8. The molecular formula is C62H99N15O17. The molecule has 1 unspecified atom stereocenters. The zero-order valence-corrected chi connectivity index (χ0v) is 54.7. The fourth-order valence-electron chi connectivity index (χ4n) is 10.00. The number of carbonyl (C=O) groups excluding carboxylic acids is 11. The van der Waals surface area contributed by atoms with E-state index < -0.39 is 181 Å². The van der Waals surface area contributed by atoms with Gasteiger partial charge in [-0.15, -0.1) is 0 Å². The van der Waals surface area contributed by atoms with Crippen molar-refractivity contribution in [2.75, 3.05) is 26.2 Å². The number of hydrogen-bond acceptors (Lipinski definition) is 20. The first-order valence-corrected chi connectivity index (χ1v) is 31.4. The Bertz CT molecular complexity index is 2870. The molecule has 2 aromatic rings. The van der Waals surface area contributed by atoms with Crippen LogP contribution in [-0.4, -0.2) is 202 Å². The number of hydrogen-bond donors (Lipinski definition) is 19. The third-order valence-electron chi connectivity index (χ3n) is 15.5. The van der Waals surface area contributed by atoms with Gasteiger partial charge < -0.3 is 101 Å². The summed E-state index contributed by atoms with van der Waals surface area (Å²) in [5, 5.41) is 80.7. The highest BCUT2D eigenvalue weighted by molar-refractivity contribution is 5.99. The molecule has 94 heavy (non-hydrogen) atoms. The topological polar surface area (TPSA) is 535 Å². The van der Waals surface area contributed by atoms with Crippen LogP contribution in [-0.2, 0) is 63.9 Å². The molecule has 0 aromatic heterocycles. The molecular weight excluding hydrogens is 1230 g/mol. The summed E-state index contributed by atoms with van der Waals surface area (Å²) in [6.07, 6.45) is -9.78. The molecule has 32 heteroatoms. The number of guanidine groups is 1. The van der Waals surface area contributed by atoms with Gasteiger partial charge in [0.1, 0.15) is 48.5 Å². The van der Waals surface area contributed by atoms with Crippen molar-refractivity contribution in [3.8, 4) is 0 Å². The number of amides is 10. The van der Waals surface area contributed by atoms with E-state index in [-0.39, 0.29) is 75.0 Å². The van der Waals surface area contributed by atoms with Crippen LogP contribution in [0, 0.1) is 29.6 Å². The molecule has 0 spiro atoms. The zero-order valence-electron chi connectivity index (χ0n) is 54.7. The van der Waals surface area contributed by atoms with E-state index in [4.69, 9.17) is 27.7 Å². The van der Waals surface area contributed by atoms with Crippen molar-refractivity contribution in [2.24, 2.45) is 57.5 Å². The lowest BCUT2D eigenvalue weighted by Crippen LogP contribution is -2.64. The number of esters is 1. The molecule has 1 aliphatic rings. The quantitative estimate of drug-likeness (QED) is 0.0202. The number of aliphatic imine (C=N–C) groups is 1. The van der Waals surface area contributed by atoms with Gasteiger partial charge in [0.25, 0.3) is 0 Å². The number of primary amides is 1. The average Bonchev–Trinajstić information content (AvgIpc) is 0.868. The van der Waals surface area contributed by atoms with Crippen LogP contribution >= 0.6 is 0 Å². The number of cyclic esters (lactones) is 1. The molecule has 32 nitrogen and oxygen atoms in total. The SMILES string of the molecule is CC[C@H](C)[C@@H]1NC(=O)[C@@H](CCCN=C(N)N)NC(=O)[C@H](CC(C)C)NC(=O)[C@H]([C@H](O)C(C)C)NC(=O)[C@@H](NC(=O)[C@H](CC(C)C)NC(=O)[C@@H](CN)Cc2ccccc2)[C@@H](c2ccccc2)OC(=O)[C@H](CO)NC(=O)[C@H]([C@H](O)C(N)=O)NC(=O)CNC(=O)[C@H]([C@H](C)O)NC1O. The van der Waals surface area contributed by atoms with Crippen LogP contribution in [0.15, 0.2) is 65.7 Å². The van der Waals surface area contributed by atoms with E-state index in [0.717, 1.165) is 12.5 Å². The molecule has 16 atom stereocenters. The summed E-state index contributed by atoms with van der Waals surface area (Å²) in [6, 6.07) is -0.379. The van der Waals surface area contributed by atoms with Gasteiger partial charge in [-0.05, 0) is 73.8 Å². The van der Waals surface area contributed by atoms with Gasteiger partial charge in [-0.1, -0.05) is 122 Å².